The van der Waals surface area contributed by atoms with Gasteiger partial charge < -0.3 is 18.8 Å². The van der Waals surface area contributed by atoms with Crippen LogP contribution in [-0.2, 0) is 6.54 Å². The lowest BCUT2D eigenvalue weighted by molar-refractivity contribution is 0.0714. The number of unbranched alkanes of at least 4 members (excludes halogenated alkanes) is 1. The molecule has 6 nitrogen and oxygen atoms in total. The number of rotatable bonds is 8. The van der Waals surface area contributed by atoms with Gasteiger partial charge in [0.15, 0.2) is 5.43 Å². The summed E-state index contributed by atoms with van der Waals surface area (Å²) in [5.41, 5.74) is 1.58. The molecule has 0 bridgehead atoms. The van der Waals surface area contributed by atoms with Gasteiger partial charge in [-0.1, -0.05) is 37.6 Å². The van der Waals surface area contributed by atoms with E-state index in [1.165, 1.54) is 12.1 Å². The number of carbonyl (C=O) groups excluding carboxylic acids is 1. The largest absolute Gasteiger partial charge is 0.497 e. The lowest BCUT2D eigenvalue weighted by Crippen LogP contribution is -2.29. The number of carbonyl (C=O) groups is 1. The summed E-state index contributed by atoms with van der Waals surface area (Å²) < 4.78 is 30.9. The summed E-state index contributed by atoms with van der Waals surface area (Å²) >= 11 is 0. The van der Waals surface area contributed by atoms with Crippen LogP contribution in [0.25, 0.3) is 11.0 Å². The number of nitrogens with zero attached hydrogens (tertiary/aromatic N) is 1. The van der Waals surface area contributed by atoms with E-state index in [0.29, 0.717) is 18.1 Å². The first-order chi connectivity index (χ1) is 17.5. The summed E-state index contributed by atoms with van der Waals surface area (Å²) in [7, 11) is 1.59. The van der Waals surface area contributed by atoms with Gasteiger partial charge in [-0.15, -0.1) is 0 Å². The maximum absolute atomic E-state index is 14.0. The molecule has 1 unspecified atom stereocenters. The van der Waals surface area contributed by atoms with Crippen LogP contribution in [0.5, 0.6) is 11.5 Å². The van der Waals surface area contributed by atoms with Crippen molar-refractivity contribution in [3.8, 4) is 11.5 Å². The van der Waals surface area contributed by atoms with E-state index in [4.69, 9.17) is 13.9 Å². The zero-order valence-electron chi connectivity index (χ0n) is 20.1. The van der Waals surface area contributed by atoms with Crippen LogP contribution in [0.2, 0.25) is 0 Å². The summed E-state index contributed by atoms with van der Waals surface area (Å²) in [4.78, 5) is 28.8. The molecule has 1 aromatic heterocycles. The van der Waals surface area contributed by atoms with Crippen LogP contribution in [0, 0.1) is 5.82 Å². The maximum atomic E-state index is 14.0. The van der Waals surface area contributed by atoms with E-state index >= 15 is 0 Å². The molecule has 1 aliphatic heterocycles. The van der Waals surface area contributed by atoms with Crippen LogP contribution in [0.4, 0.5) is 4.39 Å². The molecule has 0 aliphatic carbocycles. The fraction of sp³-hybridized carbons (Fsp3) is 0.241. The summed E-state index contributed by atoms with van der Waals surface area (Å²) in [6.07, 6.45) is 1.98. The Balaban J connectivity index is 1.59. The second-order valence-electron chi connectivity index (χ2n) is 8.77. The molecule has 0 saturated heterocycles. The molecule has 3 aromatic carbocycles. The van der Waals surface area contributed by atoms with Crippen molar-refractivity contribution in [2.45, 2.75) is 32.4 Å². The molecule has 1 amide bonds. The van der Waals surface area contributed by atoms with Gasteiger partial charge in [0, 0.05) is 6.54 Å². The lowest BCUT2D eigenvalue weighted by atomic mass is 9.98. The minimum Gasteiger partial charge on any atom is -0.497 e. The summed E-state index contributed by atoms with van der Waals surface area (Å²) in [6, 6.07) is 17.8. The minimum absolute atomic E-state index is 0.0131. The zero-order valence-corrected chi connectivity index (χ0v) is 20.1. The number of halogens is 1. The Morgan fingerprint density at radius 2 is 1.69 bits per heavy atom. The molecule has 36 heavy (non-hydrogen) atoms. The molecule has 0 spiro atoms. The number of hydrogen-bond acceptors (Lipinski definition) is 5. The summed E-state index contributed by atoms with van der Waals surface area (Å²) in [5, 5.41) is 0.109. The van der Waals surface area contributed by atoms with Crippen molar-refractivity contribution in [3.05, 3.63) is 105 Å². The molecule has 0 radical (unpaired) electrons. The van der Waals surface area contributed by atoms with Gasteiger partial charge in [-0.3, -0.25) is 9.59 Å². The van der Waals surface area contributed by atoms with Crippen LogP contribution in [-0.4, -0.2) is 24.5 Å². The summed E-state index contributed by atoms with van der Waals surface area (Å²) in [5.74, 6) is 0.471. The molecule has 0 N–H and O–H groups in total. The quantitative estimate of drug-likeness (QED) is 0.291. The maximum Gasteiger partial charge on any atom is 0.291 e. The Hall–Kier alpha value is -4.13. The molecular weight excluding hydrogens is 461 g/mol. The van der Waals surface area contributed by atoms with Crippen molar-refractivity contribution < 1.29 is 23.1 Å². The van der Waals surface area contributed by atoms with Gasteiger partial charge in [0.25, 0.3) is 5.91 Å². The van der Waals surface area contributed by atoms with Gasteiger partial charge in [0.05, 0.1) is 30.7 Å². The molecule has 1 atom stereocenters. The third-order valence-electron chi connectivity index (χ3n) is 6.40. The van der Waals surface area contributed by atoms with Gasteiger partial charge in [-0.2, -0.15) is 0 Å². The fourth-order valence-corrected chi connectivity index (χ4v) is 4.51. The molecule has 0 fully saturated rings. The second-order valence-corrected chi connectivity index (χ2v) is 8.77. The van der Waals surface area contributed by atoms with Crippen LogP contribution in [0.15, 0.2) is 75.9 Å². The Labute approximate surface area is 207 Å². The molecule has 1 aliphatic rings. The molecule has 2 heterocycles. The second kappa shape index (κ2) is 9.85. The van der Waals surface area contributed by atoms with E-state index in [2.05, 4.69) is 6.92 Å². The number of ether oxygens (including phenoxy) is 2. The Kier molecular flexibility index (Phi) is 6.46. The van der Waals surface area contributed by atoms with Gasteiger partial charge in [0.2, 0.25) is 5.76 Å². The highest BCUT2D eigenvalue weighted by Gasteiger charge is 2.42. The van der Waals surface area contributed by atoms with Crippen molar-refractivity contribution >= 4 is 16.9 Å². The normalized spacial score (nSPS) is 14.8. The standard InChI is InChI=1S/C29H26FNO5/c1-3-4-15-35-22-12-7-19(8-13-22)26-25-27(32)23-16-20(30)9-14-24(23)36-28(25)29(33)31(26)17-18-5-10-21(34-2)11-6-18/h5-14,16,26H,3-4,15,17H2,1-2H3. The SMILES string of the molecule is CCCCOc1ccc(C2c3c(oc4ccc(F)cc4c3=O)C(=O)N2Cc2ccc(OC)cc2)cc1. The first-order valence-corrected chi connectivity index (χ1v) is 11.9. The zero-order chi connectivity index (χ0) is 25.2. The van der Waals surface area contributed by atoms with Crippen LogP contribution >= 0.6 is 0 Å². The predicted molar refractivity (Wildman–Crippen MR) is 134 cm³/mol. The van der Waals surface area contributed by atoms with Crippen LogP contribution in [0.1, 0.15) is 53.1 Å². The number of amides is 1. The smallest absolute Gasteiger partial charge is 0.291 e. The van der Waals surface area contributed by atoms with Crippen LogP contribution < -0.4 is 14.9 Å². The van der Waals surface area contributed by atoms with Crippen molar-refractivity contribution in [2.24, 2.45) is 0 Å². The predicted octanol–water partition coefficient (Wildman–Crippen LogP) is 5.87. The molecule has 184 valence electrons. The average molecular weight is 488 g/mol. The topological polar surface area (TPSA) is 69.0 Å². The highest BCUT2D eigenvalue weighted by atomic mass is 19.1. The van der Waals surface area contributed by atoms with Gasteiger partial charge in [0.1, 0.15) is 22.9 Å². The number of methoxy groups -OCH3 is 1. The highest BCUT2D eigenvalue weighted by Crippen LogP contribution is 2.39. The van der Waals surface area contributed by atoms with Gasteiger partial charge in [-0.05, 0) is 60.0 Å². The number of benzene rings is 3. The Bertz CT molecular complexity index is 1460. The number of hydrogen-bond donors (Lipinski definition) is 0. The van der Waals surface area contributed by atoms with E-state index < -0.39 is 23.2 Å². The van der Waals surface area contributed by atoms with E-state index in [0.717, 1.165) is 30.0 Å². The molecule has 7 heteroatoms. The van der Waals surface area contributed by atoms with E-state index in [1.807, 2.05) is 48.5 Å². The lowest BCUT2D eigenvalue weighted by Gasteiger charge is -2.25. The third kappa shape index (κ3) is 4.33. The average Bonchev–Trinajstić information content (AvgIpc) is 3.17. The minimum atomic E-state index is -0.691. The summed E-state index contributed by atoms with van der Waals surface area (Å²) in [6.45, 7) is 2.96. The van der Waals surface area contributed by atoms with E-state index in [-0.39, 0.29) is 28.8 Å². The monoisotopic (exact) mass is 487 g/mol. The Morgan fingerprint density at radius 1 is 0.972 bits per heavy atom. The molecular formula is C29H26FNO5. The molecule has 4 aromatic rings. The molecule has 0 saturated carbocycles. The van der Waals surface area contributed by atoms with E-state index in [1.54, 1.807) is 12.0 Å². The first kappa shape index (κ1) is 23.6. The highest BCUT2D eigenvalue weighted by molar-refractivity contribution is 5.99. The fourth-order valence-electron chi connectivity index (χ4n) is 4.51. The van der Waals surface area contributed by atoms with E-state index in [9.17, 15) is 14.0 Å². The third-order valence-corrected chi connectivity index (χ3v) is 6.40. The van der Waals surface area contributed by atoms with Crippen molar-refractivity contribution in [3.63, 3.8) is 0 Å². The van der Waals surface area contributed by atoms with Gasteiger partial charge >= 0.3 is 0 Å². The van der Waals surface area contributed by atoms with Crippen molar-refractivity contribution in [1.82, 2.24) is 4.90 Å². The first-order valence-electron chi connectivity index (χ1n) is 11.9. The van der Waals surface area contributed by atoms with Crippen molar-refractivity contribution in [2.75, 3.05) is 13.7 Å². The van der Waals surface area contributed by atoms with Crippen molar-refractivity contribution in [1.29, 1.82) is 0 Å². The number of fused-ring (bicyclic) bond motifs is 2. The van der Waals surface area contributed by atoms with Gasteiger partial charge in [-0.25, -0.2) is 4.39 Å². The Morgan fingerprint density at radius 3 is 2.39 bits per heavy atom. The van der Waals surface area contributed by atoms with Crippen LogP contribution in [0.3, 0.4) is 0 Å². The molecule has 5 rings (SSSR count).